The van der Waals surface area contributed by atoms with Gasteiger partial charge >= 0.3 is 0 Å². The minimum Gasteiger partial charge on any atom is -0.457 e. The zero-order valence-electron chi connectivity index (χ0n) is 15.6. The van der Waals surface area contributed by atoms with Gasteiger partial charge in [0.1, 0.15) is 17.2 Å². The van der Waals surface area contributed by atoms with Crippen molar-refractivity contribution < 1.29 is 9.53 Å². The predicted molar refractivity (Wildman–Crippen MR) is 106 cm³/mol. The average Bonchev–Trinajstić information content (AvgIpc) is 3.03. The Labute approximate surface area is 157 Å². The standard InChI is InChI=1S/C20H23N5O2/c1-24(2)12-13-5-4-6-15(9-13)27-16-8-7-14-10-18(23-17(14)11-16)19(26)25(3)20(21)22/h4-11,23H,12H2,1-3H3,(H3,21,22). The second-order valence-electron chi connectivity index (χ2n) is 6.67. The summed E-state index contributed by atoms with van der Waals surface area (Å²) >= 11 is 0. The number of nitrogens with two attached hydrogens (primary N) is 1. The van der Waals surface area contributed by atoms with Crippen molar-refractivity contribution in [1.29, 1.82) is 5.41 Å². The Morgan fingerprint density at radius 3 is 2.56 bits per heavy atom. The first-order valence-corrected chi connectivity index (χ1v) is 8.50. The number of rotatable bonds is 5. The lowest BCUT2D eigenvalue weighted by Gasteiger charge is -2.12. The number of benzene rings is 2. The van der Waals surface area contributed by atoms with Crippen LogP contribution < -0.4 is 10.5 Å². The van der Waals surface area contributed by atoms with Crippen molar-refractivity contribution in [2.24, 2.45) is 5.73 Å². The monoisotopic (exact) mass is 365 g/mol. The van der Waals surface area contributed by atoms with Gasteiger partial charge < -0.3 is 20.4 Å². The molecule has 0 aliphatic heterocycles. The lowest BCUT2D eigenvalue weighted by molar-refractivity contribution is 0.0864. The molecule has 1 aromatic heterocycles. The molecular formula is C20H23N5O2. The van der Waals surface area contributed by atoms with Gasteiger partial charge in [-0.05, 0) is 50.0 Å². The van der Waals surface area contributed by atoms with E-state index < -0.39 is 0 Å². The van der Waals surface area contributed by atoms with Crippen LogP contribution in [0.2, 0.25) is 0 Å². The molecule has 0 saturated heterocycles. The molecule has 140 valence electrons. The zero-order chi connectivity index (χ0) is 19.6. The highest BCUT2D eigenvalue weighted by Gasteiger charge is 2.16. The summed E-state index contributed by atoms with van der Waals surface area (Å²) in [6.07, 6.45) is 0. The Morgan fingerprint density at radius 2 is 1.85 bits per heavy atom. The number of aromatic amines is 1. The fourth-order valence-electron chi connectivity index (χ4n) is 2.78. The van der Waals surface area contributed by atoms with Crippen LogP contribution in [0, 0.1) is 5.41 Å². The number of hydrogen-bond acceptors (Lipinski definition) is 4. The van der Waals surface area contributed by atoms with E-state index in [9.17, 15) is 4.79 Å². The van der Waals surface area contributed by atoms with Crippen molar-refractivity contribution >= 4 is 22.8 Å². The van der Waals surface area contributed by atoms with E-state index in [1.54, 1.807) is 6.07 Å². The number of carbonyl (C=O) groups is 1. The number of guanidine groups is 1. The van der Waals surface area contributed by atoms with Crippen LogP contribution in [0.15, 0.2) is 48.5 Å². The fraction of sp³-hybridized carbons (Fsp3) is 0.200. The molecule has 27 heavy (non-hydrogen) atoms. The smallest absolute Gasteiger partial charge is 0.276 e. The second kappa shape index (κ2) is 7.51. The van der Waals surface area contributed by atoms with Crippen LogP contribution in [0.5, 0.6) is 11.5 Å². The maximum absolute atomic E-state index is 12.3. The van der Waals surface area contributed by atoms with Crippen molar-refractivity contribution in [3.63, 3.8) is 0 Å². The summed E-state index contributed by atoms with van der Waals surface area (Å²) in [6.45, 7) is 0.835. The number of ether oxygens (including phenoxy) is 1. The molecule has 0 aliphatic carbocycles. The summed E-state index contributed by atoms with van der Waals surface area (Å²) < 4.78 is 5.98. The van der Waals surface area contributed by atoms with Gasteiger partial charge in [0.2, 0.25) is 0 Å². The number of nitrogens with one attached hydrogen (secondary N) is 2. The fourth-order valence-corrected chi connectivity index (χ4v) is 2.78. The molecule has 0 aliphatic rings. The molecule has 3 aromatic rings. The van der Waals surface area contributed by atoms with Gasteiger partial charge in [-0.2, -0.15) is 0 Å². The third kappa shape index (κ3) is 4.27. The Bertz CT molecular complexity index is 993. The first-order valence-electron chi connectivity index (χ1n) is 8.50. The number of fused-ring (bicyclic) bond motifs is 1. The van der Waals surface area contributed by atoms with Gasteiger partial charge in [0.15, 0.2) is 5.96 Å². The quantitative estimate of drug-likeness (QED) is 0.478. The molecule has 0 radical (unpaired) electrons. The number of H-pyrrole nitrogens is 1. The molecule has 0 saturated carbocycles. The number of amides is 1. The first-order chi connectivity index (χ1) is 12.8. The predicted octanol–water partition coefficient (Wildman–Crippen LogP) is 2.99. The number of carbonyl (C=O) groups excluding carboxylic acids is 1. The molecule has 0 bridgehead atoms. The van der Waals surface area contributed by atoms with Gasteiger partial charge in [0.25, 0.3) is 5.91 Å². The highest BCUT2D eigenvalue weighted by atomic mass is 16.5. The van der Waals surface area contributed by atoms with Crippen molar-refractivity contribution in [2.45, 2.75) is 6.54 Å². The molecular weight excluding hydrogens is 342 g/mol. The Morgan fingerprint density at radius 1 is 1.11 bits per heavy atom. The maximum Gasteiger partial charge on any atom is 0.276 e. The molecule has 0 spiro atoms. The summed E-state index contributed by atoms with van der Waals surface area (Å²) in [5.74, 6) is 0.760. The Hall–Kier alpha value is -3.32. The molecule has 7 nitrogen and oxygen atoms in total. The molecule has 0 unspecified atom stereocenters. The average molecular weight is 365 g/mol. The summed E-state index contributed by atoms with van der Waals surface area (Å²) in [4.78, 5) is 18.5. The maximum atomic E-state index is 12.3. The van der Waals surface area contributed by atoms with Gasteiger partial charge in [0.05, 0.1) is 0 Å². The van der Waals surface area contributed by atoms with Crippen LogP contribution in [0.4, 0.5) is 0 Å². The van der Waals surface area contributed by atoms with Gasteiger partial charge in [-0.25, -0.2) is 0 Å². The molecule has 0 atom stereocenters. The molecule has 2 aromatic carbocycles. The van der Waals surface area contributed by atoms with Crippen LogP contribution in [0.25, 0.3) is 10.9 Å². The Balaban J connectivity index is 1.83. The van der Waals surface area contributed by atoms with Crippen LogP contribution in [-0.2, 0) is 6.54 Å². The van der Waals surface area contributed by atoms with E-state index in [-0.39, 0.29) is 11.9 Å². The van der Waals surface area contributed by atoms with E-state index in [1.165, 1.54) is 12.6 Å². The van der Waals surface area contributed by atoms with Crippen molar-refractivity contribution in [3.8, 4) is 11.5 Å². The minimum absolute atomic E-state index is 0.305. The molecule has 7 heteroatoms. The summed E-state index contributed by atoms with van der Waals surface area (Å²) in [6, 6.07) is 15.3. The van der Waals surface area contributed by atoms with E-state index in [0.29, 0.717) is 11.4 Å². The molecule has 4 N–H and O–H groups in total. The van der Waals surface area contributed by atoms with Crippen molar-refractivity contribution in [1.82, 2.24) is 14.8 Å². The topological polar surface area (TPSA) is 98.4 Å². The van der Waals surface area contributed by atoms with Crippen LogP contribution >= 0.6 is 0 Å². The molecule has 1 heterocycles. The van der Waals surface area contributed by atoms with Crippen LogP contribution in [-0.4, -0.2) is 47.8 Å². The number of aromatic nitrogens is 1. The van der Waals surface area contributed by atoms with Gasteiger partial charge in [-0.3, -0.25) is 15.1 Å². The van der Waals surface area contributed by atoms with E-state index in [0.717, 1.165) is 28.1 Å². The summed E-state index contributed by atoms with van der Waals surface area (Å²) in [5, 5.41) is 8.26. The number of nitrogens with zero attached hydrogens (tertiary/aromatic N) is 2. The lowest BCUT2D eigenvalue weighted by Crippen LogP contribution is -2.38. The van der Waals surface area contributed by atoms with E-state index in [4.69, 9.17) is 15.9 Å². The van der Waals surface area contributed by atoms with E-state index >= 15 is 0 Å². The highest BCUT2D eigenvalue weighted by Crippen LogP contribution is 2.27. The van der Waals surface area contributed by atoms with Gasteiger partial charge in [-0.15, -0.1) is 0 Å². The Kier molecular flexibility index (Phi) is 5.14. The van der Waals surface area contributed by atoms with Crippen LogP contribution in [0.3, 0.4) is 0 Å². The van der Waals surface area contributed by atoms with E-state index in [2.05, 4.69) is 16.0 Å². The SMILES string of the molecule is CN(C)Cc1cccc(Oc2ccc3cc(C(=O)N(C)C(=N)N)[nH]c3c2)c1. The highest BCUT2D eigenvalue weighted by molar-refractivity contribution is 6.05. The minimum atomic E-state index is -0.363. The molecule has 3 rings (SSSR count). The summed E-state index contributed by atoms with van der Waals surface area (Å²) in [7, 11) is 5.51. The van der Waals surface area contributed by atoms with Gasteiger partial charge in [0, 0.05) is 30.6 Å². The van der Waals surface area contributed by atoms with Crippen molar-refractivity contribution in [3.05, 3.63) is 59.8 Å². The van der Waals surface area contributed by atoms with Gasteiger partial charge in [-0.1, -0.05) is 12.1 Å². The largest absolute Gasteiger partial charge is 0.457 e. The summed E-state index contributed by atoms with van der Waals surface area (Å²) in [5.41, 5.74) is 7.68. The normalized spacial score (nSPS) is 11.0. The van der Waals surface area contributed by atoms with Crippen molar-refractivity contribution in [2.75, 3.05) is 21.1 Å². The molecule has 0 fully saturated rings. The van der Waals surface area contributed by atoms with Crippen LogP contribution in [0.1, 0.15) is 16.1 Å². The molecule has 1 amide bonds. The number of hydrogen-bond donors (Lipinski definition) is 3. The lowest BCUT2D eigenvalue weighted by atomic mass is 10.2. The third-order valence-electron chi connectivity index (χ3n) is 4.12. The zero-order valence-corrected chi connectivity index (χ0v) is 15.6. The second-order valence-corrected chi connectivity index (χ2v) is 6.67. The third-order valence-corrected chi connectivity index (χ3v) is 4.12. The van der Waals surface area contributed by atoms with E-state index in [1.807, 2.05) is 50.5 Å². The first kappa shape index (κ1) is 18.5.